The lowest BCUT2D eigenvalue weighted by Gasteiger charge is -2.19. The number of benzene rings is 1. The third kappa shape index (κ3) is 4.92. The fraction of sp³-hybridized carbons (Fsp3) is 0.316. The van der Waals surface area contributed by atoms with Crippen molar-refractivity contribution in [3.05, 3.63) is 51.7 Å². The monoisotopic (exact) mass is 374 g/mol. The number of thiophene rings is 1. The zero-order chi connectivity index (χ0) is 19.1. The number of amides is 2. The van der Waals surface area contributed by atoms with E-state index in [0.717, 1.165) is 5.56 Å². The summed E-state index contributed by atoms with van der Waals surface area (Å²) in [5, 5.41) is 4.44. The van der Waals surface area contributed by atoms with Crippen LogP contribution in [0.2, 0.25) is 0 Å². The van der Waals surface area contributed by atoms with Crippen molar-refractivity contribution >= 4 is 34.8 Å². The summed E-state index contributed by atoms with van der Waals surface area (Å²) in [6.45, 7) is 6.48. The number of esters is 1. The molecule has 0 fully saturated rings. The van der Waals surface area contributed by atoms with E-state index >= 15 is 0 Å². The third-order valence-electron chi connectivity index (χ3n) is 3.83. The van der Waals surface area contributed by atoms with Crippen molar-refractivity contribution in [2.45, 2.75) is 20.8 Å². The highest BCUT2D eigenvalue weighted by molar-refractivity contribution is 7.12. The van der Waals surface area contributed by atoms with E-state index in [9.17, 15) is 14.4 Å². The molecule has 1 N–H and O–H groups in total. The molecule has 1 aromatic carbocycles. The van der Waals surface area contributed by atoms with Crippen LogP contribution < -0.4 is 5.32 Å². The average Bonchev–Trinajstić information content (AvgIpc) is 3.07. The molecule has 0 saturated carbocycles. The van der Waals surface area contributed by atoms with Gasteiger partial charge in [-0.05, 0) is 56.0 Å². The van der Waals surface area contributed by atoms with Crippen molar-refractivity contribution in [3.8, 4) is 0 Å². The molecule has 1 aromatic heterocycles. The van der Waals surface area contributed by atoms with Crippen LogP contribution >= 0.6 is 11.3 Å². The highest BCUT2D eigenvalue weighted by Crippen LogP contribution is 2.17. The molecule has 1 heterocycles. The largest absolute Gasteiger partial charge is 0.451 e. The predicted molar refractivity (Wildman–Crippen MR) is 102 cm³/mol. The Kier molecular flexibility index (Phi) is 6.91. The number of aryl methyl sites for hydroxylation is 1. The van der Waals surface area contributed by atoms with Crippen molar-refractivity contribution in [2.75, 3.05) is 25.0 Å². The van der Waals surface area contributed by atoms with Gasteiger partial charge in [-0.1, -0.05) is 6.07 Å². The minimum Gasteiger partial charge on any atom is -0.451 e. The molecule has 0 unspecified atom stereocenters. The Morgan fingerprint density at radius 2 is 1.88 bits per heavy atom. The summed E-state index contributed by atoms with van der Waals surface area (Å²) < 4.78 is 5.04. The minimum absolute atomic E-state index is 0.0919. The second-order valence-corrected chi connectivity index (χ2v) is 6.53. The molecule has 7 heteroatoms. The van der Waals surface area contributed by atoms with Crippen LogP contribution in [0.1, 0.15) is 39.4 Å². The number of hydrogen-bond acceptors (Lipinski definition) is 5. The van der Waals surface area contributed by atoms with Crippen LogP contribution in [0.3, 0.4) is 0 Å². The molecule has 138 valence electrons. The number of carbonyl (C=O) groups excluding carboxylic acids is 3. The van der Waals surface area contributed by atoms with Crippen LogP contribution in [0, 0.1) is 6.92 Å². The van der Waals surface area contributed by atoms with Gasteiger partial charge < -0.3 is 15.0 Å². The highest BCUT2D eigenvalue weighted by atomic mass is 32.1. The Labute approximate surface area is 156 Å². The predicted octanol–water partition coefficient (Wildman–Crippen LogP) is 3.33. The molecule has 6 nitrogen and oxygen atoms in total. The molecule has 0 radical (unpaired) electrons. The Morgan fingerprint density at radius 3 is 2.50 bits per heavy atom. The molecule has 0 bridgehead atoms. The number of hydrogen-bond donors (Lipinski definition) is 1. The van der Waals surface area contributed by atoms with Gasteiger partial charge in [-0.2, -0.15) is 0 Å². The molecule has 0 aliphatic rings. The van der Waals surface area contributed by atoms with E-state index in [-0.39, 0.29) is 12.5 Å². The molecule has 0 aliphatic carbocycles. The number of anilines is 1. The Morgan fingerprint density at radius 1 is 1.15 bits per heavy atom. The fourth-order valence-electron chi connectivity index (χ4n) is 2.40. The first-order chi connectivity index (χ1) is 12.5. The van der Waals surface area contributed by atoms with E-state index in [0.29, 0.717) is 29.2 Å². The van der Waals surface area contributed by atoms with Gasteiger partial charge >= 0.3 is 5.97 Å². The van der Waals surface area contributed by atoms with Crippen molar-refractivity contribution in [1.82, 2.24) is 4.90 Å². The maximum Gasteiger partial charge on any atom is 0.349 e. The van der Waals surface area contributed by atoms with Gasteiger partial charge in [-0.15, -0.1) is 11.3 Å². The van der Waals surface area contributed by atoms with E-state index in [1.807, 2.05) is 26.8 Å². The summed E-state index contributed by atoms with van der Waals surface area (Å²) >= 11 is 1.28. The Bertz CT molecular complexity index is 796. The Balaban J connectivity index is 1.95. The first-order valence-electron chi connectivity index (χ1n) is 8.36. The highest BCUT2D eigenvalue weighted by Gasteiger charge is 2.15. The van der Waals surface area contributed by atoms with E-state index in [4.69, 9.17) is 4.74 Å². The molecule has 2 amide bonds. The van der Waals surface area contributed by atoms with E-state index in [1.54, 1.807) is 34.5 Å². The summed E-state index contributed by atoms with van der Waals surface area (Å²) in [6.07, 6.45) is 0. The number of nitrogens with zero attached hydrogens (tertiary/aromatic N) is 1. The van der Waals surface area contributed by atoms with Crippen LogP contribution in [0.4, 0.5) is 5.69 Å². The molecule has 2 rings (SSSR count). The van der Waals surface area contributed by atoms with E-state index in [2.05, 4.69) is 5.32 Å². The van der Waals surface area contributed by atoms with Crippen LogP contribution in [0.5, 0.6) is 0 Å². The molecule has 2 aromatic rings. The topological polar surface area (TPSA) is 75.7 Å². The molecule has 0 aliphatic heterocycles. The normalized spacial score (nSPS) is 10.3. The van der Waals surface area contributed by atoms with Gasteiger partial charge in [0, 0.05) is 24.3 Å². The van der Waals surface area contributed by atoms with Crippen molar-refractivity contribution in [3.63, 3.8) is 0 Å². The summed E-state index contributed by atoms with van der Waals surface area (Å²) in [6, 6.07) is 8.52. The van der Waals surface area contributed by atoms with Gasteiger partial charge in [0.15, 0.2) is 6.61 Å². The van der Waals surface area contributed by atoms with Gasteiger partial charge in [-0.3, -0.25) is 9.59 Å². The molecule has 0 saturated heterocycles. The smallest absolute Gasteiger partial charge is 0.349 e. The summed E-state index contributed by atoms with van der Waals surface area (Å²) in [7, 11) is 0. The van der Waals surface area contributed by atoms with Crippen molar-refractivity contribution < 1.29 is 19.1 Å². The first-order valence-corrected chi connectivity index (χ1v) is 9.24. The maximum atomic E-state index is 12.4. The summed E-state index contributed by atoms with van der Waals surface area (Å²) in [5.74, 6) is -1.07. The number of nitrogens with one attached hydrogen (secondary N) is 1. The first kappa shape index (κ1) is 19.7. The van der Waals surface area contributed by atoms with Crippen LogP contribution in [-0.2, 0) is 9.53 Å². The van der Waals surface area contributed by atoms with Gasteiger partial charge in [0.25, 0.3) is 11.8 Å². The Hall–Kier alpha value is -2.67. The summed E-state index contributed by atoms with van der Waals surface area (Å²) in [5.41, 5.74) is 1.80. The maximum absolute atomic E-state index is 12.4. The number of rotatable bonds is 7. The minimum atomic E-state index is -0.516. The number of carbonyl (C=O) groups is 3. The molecule has 0 spiro atoms. The van der Waals surface area contributed by atoms with Crippen LogP contribution in [0.25, 0.3) is 0 Å². The zero-order valence-electron chi connectivity index (χ0n) is 15.1. The standard InChI is InChI=1S/C19H22N2O4S/c1-4-21(5-2)18(23)14-7-6-8-15(11-14)20-16(22)12-25-19(24)17-13(3)9-10-26-17/h6-11H,4-5,12H2,1-3H3,(H,20,22). The van der Waals surface area contributed by atoms with Gasteiger partial charge in [0.1, 0.15) is 4.88 Å². The van der Waals surface area contributed by atoms with Gasteiger partial charge in [-0.25, -0.2) is 4.79 Å². The molecule has 26 heavy (non-hydrogen) atoms. The number of ether oxygens (including phenoxy) is 1. The average molecular weight is 374 g/mol. The fourth-order valence-corrected chi connectivity index (χ4v) is 3.22. The van der Waals surface area contributed by atoms with E-state index in [1.165, 1.54) is 11.3 Å². The van der Waals surface area contributed by atoms with Gasteiger partial charge in [0.2, 0.25) is 0 Å². The van der Waals surface area contributed by atoms with E-state index < -0.39 is 11.9 Å². The van der Waals surface area contributed by atoms with Crippen LogP contribution in [-0.4, -0.2) is 42.4 Å². The molecular weight excluding hydrogens is 352 g/mol. The lowest BCUT2D eigenvalue weighted by molar-refractivity contribution is -0.119. The second-order valence-electron chi connectivity index (χ2n) is 5.62. The van der Waals surface area contributed by atoms with Crippen molar-refractivity contribution in [1.29, 1.82) is 0 Å². The quantitative estimate of drug-likeness (QED) is 0.754. The lowest BCUT2D eigenvalue weighted by Crippen LogP contribution is -2.30. The molecule has 0 atom stereocenters. The SMILES string of the molecule is CCN(CC)C(=O)c1cccc(NC(=O)COC(=O)c2sccc2C)c1. The van der Waals surface area contributed by atoms with Gasteiger partial charge in [0.05, 0.1) is 0 Å². The third-order valence-corrected chi connectivity index (χ3v) is 4.82. The second kappa shape index (κ2) is 9.15. The van der Waals surface area contributed by atoms with Crippen molar-refractivity contribution in [2.24, 2.45) is 0 Å². The molecular formula is C19H22N2O4S. The van der Waals surface area contributed by atoms with Crippen LogP contribution in [0.15, 0.2) is 35.7 Å². The zero-order valence-corrected chi connectivity index (χ0v) is 15.9. The summed E-state index contributed by atoms with van der Waals surface area (Å²) in [4.78, 5) is 38.5. The lowest BCUT2D eigenvalue weighted by atomic mass is 10.1.